The number of methoxy groups -OCH3 is 2. The maximum Gasteiger partial charge on any atom is 0.247 e. The van der Waals surface area contributed by atoms with Crippen molar-refractivity contribution in [1.82, 2.24) is 10.2 Å². The molecule has 2 aromatic carbocycles. The molecule has 7 nitrogen and oxygen atoms in total. The van der Waals surface area contributed by atoms with Crippen LogP contribution in [0.1, 0.15) is 62.6 Å². The molecule has 0 bridgehead atoms. The highest BCUT2D eigenvalue weighted by molar-refractivity contribution is 6.27. The number of carbonyl (C=O) groups is 2. The van der Waals surface area contributed by atoms with Crippen molar-refractivity contribution in [3.8, 4) is 17.2 Å². The molecule has 1 saturated carbocycles. The van der Waals surface area contributed by atoms with Crippen LogP contribution in [0.3, 0.4) is 0 Å². The number of para-hydroxylation sites is 1. The van der Waals surface area contributed by atoms with Crippen LogP contribution < -0.4 is 19.5 Å². The smallest absolute Gasteiger partial charge is 0.247 e. The van der Waals surface area contributed by atoms with Crippen molar-refractivity contribution in [3.05, 3.63) is 53.6 Å². The number of amides is 2. The van der Waals surface area contributed by atoms with E-state index in [0.717, 1.165) is 31.2 Å². The molecular weight excluding hydrogens is 480 g/mol. The van der Waals surface area contributed by atoms with Crippen molar-refractivity contribution in [3.63, 3.8) is 0 Å². The van der Waals surface area contributed by atoms with Crippen molar-refractivity contribution in [2.24, 2.45) is 0 Å². The molecule has 1 fully saturated rings. The van der Waals surface area contributed by atoms with Gasteiger partial charge in [0.25, 0.3) is 0 Å². The summed E-state index contributed by atoms with van der Waals surface area (Å²) in [5.74, 6) is 0.870. The number of nitrogens with zero attached hydrogens (tertiary/aromatic N) is 1. The Balaban J connectivity index is 2.04. The summed E-state index contributed by atoms with van der Waals surface area (Å²) in [6.07, 6.45) is 6.38. The Morgan fingerprint density at radius 2 is 1.69 bits per heavy atom. The van der Waals surface area contributed by atoms with Gasteiger partial charge in [-0.15, -0.1) is 11.6 Å². The molecule has 8 heteroatoms. The number of alkyl halides is 1. The number of hydrogen-bond acceptors (Lipinski definition) is 5. The highest BCUT2D eigenvalue weighted by Gasteiger charge is 2.33. The molecule has 3 rings (SSSR count). The zero-order chi connectivity index (χ0) is 25.9. The van der Waals surface area contributed by atoms with Crippen LogP contribution in [-0.2, 0) is 16.1 Å². The minimum absolute atomic E-state index is 0.0753. The van der Waals surface area contributed by atoms with Crippen LogP contribution in [0, 0.1) is 0 Å². The quantitative estimate of drug-likeness (QED) is 0.326. The molecule has 0 aliphatic heterocycles. The Morgan fingerprint density at radius 3 is 2.33 bits per heavy atom. The van der Waals surface area contributed by atoms with Crippen LogP contribution in [0.4, 0.5) is 0 Å². The summed E-state index contributed by atoms with van der Waals surface area (Å²) >= 11 is 6.06. The fourth-order valence-electron chi connectivity index (χ4n) is 4.72. The van der Waals surface area contributed by atoms with E-state index in [0.29, 0.717) is 29.4 Å². The summed E-state index contributed by atoms with van der Waals surface area (Å²) in [5.41, 5.74) is 1.40. The minimum Gasteiger partial charge on any atom is -0.496 e. The first-order valence-corrected chi connectivity index (χ1v) is 13.1. The second-order valence-corrected chi connectivity index (χ2v) is 9.18. The van der Waals surface area contributed by atoms with Crippen molar-refractivity contribution < 1.29 is 23.8 Å². The Labute approximate surface area is 219 Å². The van der Waals surface area contributed by atoms with Crippen molar-refractivity contribution >= 4 is 23.4 Å². The van der Waals surface area contributed by atoms with Gasteiger partial charge in [0.2, 0.25) is 11.8 Å². The van der Waals surface area contributed by atoms with E-state index in [2.05, 4.69) is 5.32 Å². The molecular formula is C28H37ClN2O5. The van der Waals surface area contributed by atoms with Crippen LogP contribution in [0.15, 0.2) is 42.5 Å². The lowest BCUT2D eigenvalue weighted by atomic mass is 10.0. The van der Waals surface area contributed by atoms with Gasteiger partial charge in [0.1, 0.15) is 17.7 Å². The molecule has 1 aliphatic carbocycles. The predicted octanol–water partition coefficient (Wildman–Crippen LogP) is 5.25. The minimum atomic E-state index is -0.908. The first-order chi connectivity index (χ1) is 17.5. The lowest BCUT2D eigenvalue weighted by Crippen LogP contribution is -2.46. The molecule has 0 aromatic heterocycles. The van der Waals surface area contributed by atoms with E-state index < -0.39 is 6.04 Å². The van der Waals surface area contributed by atoms with Gasteiger partial charge in [-0.1, -0.05) is 49.9 Å². The van der Waals surface area contributed by atoms with Crippen LogP contribution in [0.5, 0.6) is 17.2 Å². The predicted molar refractivity (Wildman–Crippen MR) is 141 cm³/mol. The van der Waals surface area contributed by atoms with Gasteiger partial charge >= 0.3 is 0 Å². The average Bonchev–Trinajstić information content (AvgIpc) is 3.17. The monoisotopic (exact) mass is 516 g/mol. The maximum absolute atomic E-state index is 13.9. The molecule has 0 heterocycles. The van der Waals surface area contributed by atoms with Crippen LogP contribution >= 0.6 is 11.6 Å². The Morgan fingerprint density at radius 1 is 1.00 bits per heavy atom. The number of nitrogens with one attached hydrogen (secondary N) is 1. The Bertz CT molecular complexity index is 1010. The van der Waals surface area contributed by atoms with Gasteiger partial charge in [-0.25, -0.2) is 0 Å². The molecule has 1 N–H and O–H groups in total. The SMILES string of the molecule is CCOc1ccc(C(C(=O)NC2CCCCCC2)N(Cc2ccccc2OC)C(=O)CCl)cc1OC. The van der Waals surface area contributed by atoms with E-state index in [1.165, 1.54) is 17.7 Å². The number of rotatable bonds is 11. The number of ether oxygens (including phenoxy) is 3. The van der Waals surface area contributed by atoms with E-state index in [9.17, 15) is 9.59 Å². The number of halogens is 1. The highest BCUT2D eigenvalue weighted by atomic mass is 35.5. The van der Waals surface area contributed by atoms with E-state index in [4.69, 9.17) is 25.8 Å². The van der Waals surface area contributed by atoms with Crippen molar-refractivity contribution in [2.45, 2.75) is 64.1 Å². The standard InChI is InChI=1S/C28H37ClN2O5/c1-4-36-24-16-15-20(17-25(24)35-3)27(28(33)30-22-12-7-5-6-8-13-22)31(26(32)18-29)19-21-11-9-10-14-23(21)34-2/h9-11,14-17,22,27H,4-8,12-13,18-19H2,1-3H3,(H,30,33). The molecule has 0 radical (unpaired) electrons. The van der Waals surface area contributed by atoms with Gasteiger partial charge in [-0.05, 0) is 43.5 Å². The third kappa shape index (κ3) is 7.06. The molecule has 1 unspecified atom stereocenters. The fraction of sp³-hybridized carbons (Fsp3) is 0.500. The first-order valence-electron chi connectivity index (χ1n) is 12.6. The molecule has 1 atom stereocenters. The highest BCUT2D eigenvalue weighted by Crippen LogP contribution is 2.34. The van der Waals surface area contributed by atoms with Gasteiger partial charge in [0.05, 0.1) is 27.4 Å². The van der Waals surface area contributed by atoms with Crippen LogP contribution in [0.2, 0.25) is 0 Å². The van der Waals surface area contributed by atoms with Gasteiger partial charge in [0.15, 0.2) is 11.5 Å². The van der Waals surface area contributed by atoms with E-state index in [1.54, 1.807) is 26.4 Å². The summed E-state index contributed by atoms with van der Waals surface area (Å²) in [6.45, 7) is 2.53. The third-order valence-electron chi connectivity index (χ3n) is 6.53. The van der Waals surface area contributed by atoms with E-state index >= 15 is 0 Å². The van der Waals surface area contributed by atoms with Crippen molar-refractivity contribution in [1.29, 1.82) is 0 Å². The molecule has 0 saturated heterocycles. The van der Waals surface area contributed by atoms with Gasteiger partial charge < -0.3 is 24.4 Å². The van der Waals surface area contributed by atoms with E-state index in [-0.39, 0.29) is 30.3 Å². The van der Waals surface area contributed by atoms with Crippen LogP contribution in [-0.4, -0.2) is 49.5 Å². The topological polar surface area (TPSA) is 77.1 Å². The third-order valence-corrected chi connectivity index (χ3v) is 6.76. The lowest BCUT2D eigenvalue weighted by molar-refractivity contribution is -0.140. The summed E-state index contributed by atoms with van der Waals surface area (Å²) in [4.78, 5) is 28.6. The zero-order valence-electron chi connectivity index (χ0n) is 21.4. The molecule has 1 aliphatic rings. The van der Waals surface area contributed by atoms with Crippen molar-refractivity contribution in [2.75, 3.05) is 26.7 Å². The van der Waals surface area contributed by atoms with Gasteiger partial charge in [-0.3, -0.25) is 9.59 Å². The lowest BCUT2D eigenvalue weighted by Gasteiger charge is -2.33. The zero-order valence-corrected chi connectivity index (χ0v) is 22.2. The number of carbonyl (C=O) groups excluding carboxylic acids is 2. The van der Waals surface area contributed by atoms with Gasteiger partial charge in [-0.2, -0.15) is 0 Å². The van der Waals surface area contributed by atoms with Crippen LogP contribution in [0.25, 0.3) is 0 Å². The second-order valence-electron chi connectivity index (χ2n) is 8.91. The molecule has 2 amide bonds. The largest absolute Gasteiger partial charge is 0.496 e. The van der Waals surface area contributed by atoms with Gasteiger partial charge in [0, 0.05) is 11.6 Å². The fourth-order valence-corrected chi connectivity index (χ4v) is 4.88. The number of benzene rings is 2. The molecule has 0 spiro atoms. The van der Waals surface area contributed by atoms with E-state index in [1.807, 2.05) is 37.3 Å². The second kappa shape index (κ2) is 14.0. The molecule has 196 valence electrons. The summed E-state index contributed by atoms with van der Waals surface area (Å²) in [7, 11) is 3.14. The number of hydrogen-bond donors (Lipinski definition) is 1. The summed E-state index contributed by atoms with van der Waals surface area (Å²) < 4.78 is 16.7. The summed E-state index contributed by atoms with van der Waals surface area (Å²) in [5, 5.41) is 3.23. The maximum atomic E-state index is 13.9. The Hall–Kier alpha value is -2.93. The average molecular weight is 517 g/mol. The summed E-state index contributed by atoms with van der Waals surface area (Å²) in [6, 6.07) is 12.0. The normalized spacial score (nSPS) is 14.9. The first kappa shape index (κ1) is 27.7. The molecule has 36 heavy (non-hydrogen) atoms. The molecule has 2 aromatic rings. The Kier molecular flexibility index (Phi) is 10.7.